The standard InChI is InChI=1S/C15H19N5/c1-2-4-15(20-10-8-16-18-20)14(3-1)17-12-7-9-19(11-12)13-5-6-13/h1-4,8,10,12-13,17H,5-7,9,11H2. The molecule has 0 amide bonds. The average Bonchev–Trinajstić information content (AvgIpc) is 3.00. The summed E-state index contributed by atoms with van der Waals surface area (Å²) in [6.07, 6.45) is 7.60. The van der Waals surface area contributed by atoms with Gasteiger partial charge in [0.2, 0.25) is 0 Å². The highest BCUT2D eigenvalue weighted by molar-refractivity contribution is 5.61. The zero-order chi connectivity index (χ0) is 13.4. The molecule has 1 N–H and O–H groups in total. The minimum Gasteiger partial charge on any atom is -0.379 e. The molecule has 2 fully saturated rings. The Morgan fingerprint density at radius 3 is 2.85 bits per heavy atom. The molecule has 2 heterocycles. The van der Waals surface area contributed by atoms with Crippen molar-refractivity contribution in [3.8, 4) is 5.69 Å². The largest absolute Gasteiger partial charge is 0.379 e. The van der Waals surface area contributed by atoms with Gasteiger partial charge in [-0.15, -0.1) is 5.10 Å². The fourth-order valence-corrected chi connectivity index (χ4v) is 3.03. The average molecular weight is 269 g/mol. The number of benzene rings is 1. The highest BCUT2D eigenvalue weighted by Crippen LogP contribution is 2.31. The van der Waals surface area contributed by atoms with E-state index in [1.807, 2.05) is 16.9 Å². The van der Waals surface area contributed by atoms with Crippen LogP contribution in [-0.2, 0) is 0 Å². The van der Waals surface area contributed by atoms with Crippen molar-refractivity contribution in [2.24, 2.45) is 0 Å². The second-order valence-corrected chi connectivity index (χ2v) is 5.72. The molecule has 5 nitrogen and oxygen atoms in total. The molecule has 2 aromatic rings. The number of aromatic nitrogens is 3. The molecule has 20 heavy (non-hydrogen) atoms. The number of nitrogens with zero attached hydrogens (tertiary/aromatic N) is 4. The summed E-state index contributed by atoms with van der Waals surface area (Å²) in [7, 11) is 0. The van der Waals surface area contributed by atoms with Crippen LogP contribution < -0.4 is 5.32 Å². The van der Waals surface area contributed by atoms with Gasteiger partial charge in [0.25, 0.3) is 0 Å². The molecule has 1 aromatic carbocycles. The normalized spacial score (nSPS) is 23.1. The molecule has 1 aliphatic heterocycles. The van der Waals surface area contributed by atoms with Gasteiger partial charge >= 0.3 is 0 Å². The highest BCUT2D eigenvalue weighted by atomic mass is 15.4. The third-order valence-corrected chi connectivity index (χ3v) is 4.22. The molecule has 1 unspecified atom stereocenters. The topological polar surface area (TPSA) is 46.0 Å². The van der Waals surface area contributed by atoms with Gasteiger partial charge in [-0.25, -0.2) is 4.68 Å². The van der Waals surface area contributed by atoms with E-state index in [9.17, 15) is 0 Å². The summed E-state index contributed by atoms with van der Waals surface area (Å²) in [4.78, 5) is 2.62. The van der Waals surface area contributed by atoms with Crippen molar-refractivity contribution in [3.05, 3.63) is 36.7 Å². The number of rotatable bonds is 4. The van der Waals surface area contributed by atoms with Crippen molar-refractivity contribution in [2.45, 2.75) is 31.3 Å². The number of likely N-dealkylation sites (tertiary alicyclic amines) is 1. The molecule has 0 radical (unpaired) electrons. The maximum atomic E-state index is 4.09. The van der Waals surface area contributed by atoms with E-state index >= 15 is 0 Å². The van der Waals surface area contributed by atoms with Crippen molar-refractivity contribution in [2.75, 3.05) is 18.4 Å². The molecule has 1 saturated carbocycles. The van der Waals surface area contributed by atoms with Gasteiger partial charge in [-0.3, -0.25) is 4.90 Å². The highest BCUT2D eigenvalue weighted by Gasteiger charge is 2.34. The zero-order valence-corrected chi connectivity index (χ0v) is 11.4. The van der Waals surface area contributed by atoms with Crippen molar-refractivity contribution in [3.63, 3.8) is 0 Å². The SMILES string of the molecule is c1ccc(-n2ccnn2)c(NC2CCN(C3CC3)C2)c1. The maximum Gasteiger partial charge on any atom is 0.0894 e. The summed E-state index contributed by atoms with van der Waals surface area (Å²) in [6, 6.07) is 9.71. The van der Waals surface area contributed by atoms with Crippen LogP contribution in [0.4, 0.5) is 5.69 Å². The fourth-order valence-electron chi connectivity index (χ4n) is 3.03. The van der Waals surface area contributed by atoms with Crippen molar-refractivity contribution in [1.29, 1.82) is 0 Å². The van der Waals surface area contributed by atoms with Gasteiger partial charge in [0.1, 0.15) is 0 Å². The molecular formula is C15H19N5. The van der Waals surface area contributed by atoms with E-state index in [0.29, 0.717) is 6.04 Å². The first-order valence-corrected chi connectivity index (χ1v) is 7.36. The Kier molecular flexibility index (Phi) is 2.92. The smallest absolute Gasteiger partial charge is 0.0894 e. The first-order valence-electron chi connectivity index (χ1n) is 7.36. The Morgan fingerprint density at radius 2 is 2.05 bits per heavy atom. The molecule has 1 saturated heterocycles. The van der Waals surface area contributed by atoms with E-state index in [1.54, 1.807) is 6.20 Å². The lowest BCUT2D eigenvalue weighted by Crippen LogP contribution is -2.28. The van der Waals surface area contributed by atoms with Gasteiger partial charge in [0, 0.05) is 25.2 Å². The van der Waals surface area contributed by atoms with E-state index in [0.717, 1.165) is 24.0 Å². The van der Waals surface area contributed by atoms with Crippen LogP contribution in [-0.4, -0.2) is 45.1 Å². The monoisotopic (exact) mass is 269 g/mol. The maximum absolute atomic E-state index is 4.09. The van der Waals surface area contributed by atoms with Crippen LogP contribution in [0.25, 0.3) is 5.69 Å². The van der Waals surface area contributed by atoms with E-state index in [-0.39, 0.29) is 0 Å². The summed E-state index contributed by atoms with van der Waals surface area (Å²) in [5.41, 5.74) is 2.20. The molecule has 5 heteroatoms. The molecule has 1 aromatic heterocycles. The van der Waals surface area contributed by atoms with Crippen LogP contribution in [0.15, 0.2) is 36.7 Å². The number of para-hydroxylation sites is 2. The number of nitrogens with one attached hydrogen (secondary N) is 1. The Balaban J connectivity index is 1.51. The Labute approximate surface area is 118 Å². The lowest BCUT2D eigenvalue weighted by atomic mass is 10.2. The first-order chi connectivity index (χ1) is 9.90. The Bertz CT molecular complexity index is 576. The summed E-state index contributed by atoms with van der Waals surface area (Å²) < 4.78 is 1.82. The molecule has 104 valence electrons. The van der Waals surface area contributed by atoms with Gasteiger partial charge in [-0.05, 0) is 31.4 Å². The predicted octanol–water partition coefficient (Wildman–Crippen LogP) is 1.92. The number of hydrogen-bond donors (Lipinski definition) is 1. The van der Waals surface area contributed by atoms with Gasteiger partial charge in [-0.1, -0.05) is 17.3 Å². The van der Waals surface area contributed by atoms with E-state index in [1.165, 1.54) is 25.8 Å². The number of anilines is 1. The van der Waals surface area contributed by atoms with Crippen LogP contribution >= 0.6 is 0 Å². The third kappa shape index (κ3) is 2.29. The van der Waals surface area contributed by atoms with Gasteiger partial charge in [0.15, 0.2) is 0 Å². The Hall–Kier alpha value is -1.88. The van der Waals surface area contributed by atoms with Crippen molar-refractivity contribution >= 4 is 5.69 Å². The minimum absolute atomic E-state index is 0.542. The summed E-state index contributed by atoms with van der Waals surface area (Å²) in [6.45, 7) is 2.39. The van der Waals surface area contributed by atoms with Crippen LogP contribution in [0.1, 0.15) is 19.3 Å². The predicted molar refractivity (Wildman–Crippen MR) is 78.0 cm³/mol. The zero-order valence-electron chi connectivity index (χ0n) is 11.4. The van der Waals surface area contributed by atoms with Gasteiger partial charge < -0.3 is 5.32 Å². The quantitative estimate of drug-likeness (QED) is 0.921. The van der Waals surface area contributed by atoms with E-state index < -0.39 is 0 Å². The van der Waals surface area contributed by atoms with Crippen LogP contribution in [0.3, 0.4) is 0 Å². The molecule has 0 bridgehead atoms. The van der Waals surface area contributed by atoms with Crippen LogP contribution in [0.2, 0.25) is 0 Å². The molecule has 1 atom stereocenters. The first kappa shape index (κ1) is 11.9. The van der Waals surface area contributed by atoms with Gasteiger partial charge in [0.05, 0.1) is 23.8 Å². The fraction of sp³-hybridized carbons (Fsp3) is 0.467. The lowest BCUT2D eigenvalue weighted by molar-refractivity contribution is 0.326. The molecule has 4 rings (SSSR count). The molecule has 2 aliphatic rings. The summed E-state index contributed by atoms with van der Waals surface area (Å²) in [5, 5.41) is 11.7. The van der Waals surface area contributed by atoms with Crippen molar-refractivity contribution in [1.82, 2.24) is 19.9 Å². The van der Waals surface area contributed by atoms with E-state index in [4.69, 9.17) is 0 Å². The second-order valence-electron chi connectivity index (χ2n) is 5.72. The number of hydrogen-bond acceptors (Lipinski definition) is 4. The third-order valence-electron chi connectivity index (χ3n) is 4.22. The summed E-state index contributed by atoms with van der Waals surface area (Å²) >= 11 is 0. The molecular weight excluding hydrogens is 250 g/mol. The molecule has 1 aliphatic carbocycles. The van der Waals surface area contributed by atoms with Crippen molar-refractivity contribution < 1.29 is 0 Å². The summed E-state index contributed by atoms with van der Waals surface area (Å²) in [5.74, 6) is 0. The minimum atomic E-state index is 0.542. The Morgan fingerprint density at radius 1 is 1.15 bits per heavy atom. The van der Waals surface area contributed by atoms with Crippen LogP contribution in [0, 0.1) is 0 Å². The van der Waals surface area contributed by atoms with Crippen LogP contribution in [0.5, 0.6) is 0 Å². The second kappa shape index (κ2) is 4.90. The molecule has 0 spiro atoms. The van der Waals surface area contributed by atoms with Gasteiger partial charge in [-0.2, -0.15) is 0 Å². The van der Waals surface area contributed by atoms with E-state index in [2.05, 4.69) is 38.7 Å². The lowest BCUT2D eigenvalue weighted by Gasteiger charge is -2.18.